The Kier molecular flexibility index (Phi) is 7.14. The number of methoxy groups -OCH3 is 1. The van der Waals surface area contributed by atoms with Crippen molar-refractivity contribution in [2.24, 2.45) is 5.73 Å². The Morgan fingerprint density at radius 1 is 1.31 bits per heavy atom. The first-order valence-electron chi connectivity index (χ1n) is 5.42. The number of ether oxygens (including phenoxy) is 1. The third kappa shape index (κ3) is 8.04. The summed E-state index contributed by atoms with van der Waals surface area (Å²) in [5.74, 6) is 0.0989. The van der Waals surface area contributed by atoms with E-state index in [1.165, 1.54) is 13.4 Å². The van der Waals surface area contributed by atoms with E-state index in [1.807, 2.05) is 0 Å². The Morgan fingerprint density at radius 2 is 1.88 bits per heavy atom. The van der Waals surface area contributed by atoms with Crippen LogP contribution in [0.5, 0.6) is 0 Å². The molecule has 0 saturated heterocycles. The van der Waals surface area contributed by atoms with Gasteiger partial charge in [0.25, 0.3) is 0 Å². The lowest BCUT2D eigenvalue weighted by Crippen LogP contribution is -2.35. The highest BCUT2D eigenvalue weighted by molar-refractivity contribution is 7.90. The monoisotopic (exact) mass is 253 g/mol. The van der Waals surface area contributed by atoms with E-state index in [0.717, 1.165) is 0 Å². The second-order valence-corrected chi connectivity index (χ2v) is 6.54. The summed E-state index contributed by atoms with van der Waals surface area (Å²) in [5.41, 5.74) is 4.44. The van der Waals surface area contributed by atoms with Crippen LogP contribution < -0.4 is 5.73 Å². The average Bonchev–Trinajstić information content (AvgIpc) is 2.13. The molecule has 16 heavy (non-hydrogen) atoms. The van der Waals surface area contributed by atoms with Crippen molar-refractivity contribution in [1.82, 2.24) is 0 Å². The lowest BCUT2D eigenvalue weighted by Gasteiger charge is -2.27. The standard InChI is InChI=1S/C10H23NO4S/c1-15-9-10(12,5-3-7-11)6-4-8-16(2,13)14/h12H,3-9,11H2,1-2H3. The number of nitrogens with two attached hydrogens (primary N) is 1. The van der Waals surface area contributed by atoms with Gasteiger partial charge in [-0.1, -0.05) is 0 Å². The SMILES string of the molecule is COCC(O)(CCCN)CCCS(C)(=O)=O. The fourth-order valence-corrected chi connectivity index (χ4v) is 2.30. The minimum atomic E-state index is -2.96. The first kappa shape index (κ1) is 15.8. The molecule has 0 saturated carbocycles. The maximum atomic E-state index is 11.0. The molecule has 0 spiro atoms. The van der Waals surface area contributed by atoms with Crippen LogP contribution >= 0.6 is 0 Å². The van der Waals surface area contributed by atoms with Crippen LogP contribution in [0.4, 0.5) is 0 Å². The minimum absolute atomic E-state index is 0.0989. The largest absolute Gasteiger partial charge is 0.387 e. The van der Waals surface area contributed by atoms with Gasteiger partial charge in [0.2, 0.25) is 0 Å². The summed E-state index contributed by atoms with van der Waals surface area (Å²) in [6, 6.07) is 0. The molecule has 0 radical (unpaired) electrons. The van der Waals surface area contributed by atoms with Gasteiger partial charge in [-0.15, -0.1) is 0 Å². The summed E-state index contributed by atoms with van der Waals surface area (Å²) in [5, 5.41) is 10.2. The zero-order chi connectivity index (χ0) is 12.7. The van der Waals surface area contributed by atoms with Gasteiger partial charge >= 0.3 is 0 Å². The molecule has 0 aromatic carbocycles. The number of sulfone groups is 1. The van der Waals surface area contributed by atoms with Crippen molar-refractivity contribution in [1.29, 1.82) is 0 Å². The van der Waals surface area contributed by atoms with Crippen molar-refractivity contribution in [2.45, 2.75) is 31.3 Å². The first-order chi connectivity index (χ1) is 7.33. The van der Waals surface area contributed by atoms with E-state index >= 15 is 0 Å². The van der Waals surface area contributed by atoms with Gasteiger partial charge in [0.15, 0.2) is 0 Å². The molecule has 0 rings (SSSR count). The summed E-state index contributed by atoms with van der Waals surface area (Å²) in [7, 11) is -1.44. The van der Waals surface area contributed by atoms with Gasteiger partial charge in [-0.05, 0) is 32.2 Å². The molecule has 0 fully saturated rings. The van der Waals surface area contributed by atoms with Crippen molar-refractivity contribution in [3.63, 3.8) is 0 Å². The molecule has 0 bridgehead atoms. The predicted molar refractivity (Wildman–Crippen MR) is 64.1 cm³/mol. The summed E-state index contributed by atoms with van der Waals surface area (Å²) in [6.07, 6.45) is 3.32. The van der Waals surface area contributed by atoms with Crippen LogP contribution in [0.3, 0.4) is 0 Å². The lowest BCUT2D eigenvalue weighted by molar-refractivity contribution is -0.0441. The summed E-state index contributed by atoms with van der Waals surface area (Å²) in [4.78, 5) is 0. The van der Waals surface area contributed by atoms with Gasteiger partial charge in [-0.25, -0.2) is 8.42 Å². The summed E-state index contributed by atoms with van der Waals surface area (Å²) in [6.45, 7) is 0.731. The van der Waals surface area contributed by atoms with Gasteiger partial charge < -0.3 is 15.6 Å². The topological polar surface area (TPSA) is 89.6 Å². The molecule has 1 unspecified atom stereocenters. The number of hydrogen-bond acceptors (Lipinski definition) is 5. The van der Waals surface area contributed by atoms with E-state index in [0.29, 0.717) is 32.2 Å². The molecule has 0 aromatic heterocycles. The highest BCUT2D eigenvalue weighted by Crippen LogP contribution is 2.20. The van der Waals surface area contributed by atoms with Crippen LogP contribution in [-0.2, 0) is 14.6 Å². The molecule has 0 aliphatic rings. The smallest absolute Gasteiger partial charge is 0.147 e. The van der Waals surface area contributed by atoms with Crippen LogP contribution in [0, 0.1) is 0 Å². The fourth-order valence-electron chi connectivity index (χ4n) is 1.63. The van der Waals surface area contributed by atoms with E-state index in [-0.39, 0.29) is 12.4 Å². The van der Waals surface area contributed by atoms with E-state index in [4.69, 9.17) is 10.5 Å². The number of hydrogen-bond donors (Lipinski definition) is 2. The average molecular weight is 253 g/mol. The van der Waals surface area contributed by atoms with E-state index in [1.54, 1.807) is 0 Å². The number of aliphatic hydroxyl groups is 1. The zero-order valence-corrected chi connectivity index (χ0v) is 10.9. The van der Waals surface area contributed by atoms with E-state index < -0.39 is 15.4 Å². The molecule has 3 N–H and O–H groups in total. The Labute approximate surface area is 97.9 Å². The third-order valence-electron chi connectivity index (χ3n) is 2.42. The number of rotatable bonds is 9. The van der Waals surface area contributed by atoms with E-state index in [2.05, 4.69) is 0 Å². The molecule has 1 atom stereocenters. The summed E-state index contributed by atoms with van der Waals surface area (Å²) >= 11 is 0. The van der Waals surface area contributed by atoms with Crippen LogP contribution in [0.25, 0.3) is 0 Å². The molecule has 0 aliphatic carbocycles. The second kappa shape index (κ2) is 7.21. The van der Waals surface area contributed by atoms with Crippen molar-refractivity contribution in [3.05, 3.63) is 0 Å². The van der Waals surface area contributed by atoms with Crippen LogP contribution in [-0.4, -0.2) is 51.4 Å². The molecular weight excluding hydrogens is 230 g/mol. The Morgan fingerprint density at radius 3 is 2.31 bits per heavy atom. The van der Waals surface area contributed by atoms with Crippen molar-refractivity contribution < 1.29 is 18.3 Å². The molecule has 0 aromatic rings. The van der Waals surface area contributed by atoms with Crippen LogP contribution in [0.1, 0.15) is 25.7 Å². The van der Waals surface area contributed by atoms with Gasteiger partial charge in [-0.2, -0.15) is 0 Å². The van der Waals surface area contributed by atoms with Gasteiger partial charge in [0, 0.05) is 19.1 Å². The third-order valence-corrected chi connectivity index (χ3v) is 3.45. The quantitative estimate of drug-likeness (QED) is 0.600. The van der Waals surface area contributed by atoms with Gasteiger partial charge in [0.05, 0.1) is 12.2 Å². The van der Waals surface area contributed by atoms with Crippen molar-refractivity contribution >= 4 is 9.84 Å². The molecule has 6 heteroatoms. The second-order valence-electron chi connectivity index (χ2n) is 4.28. The Bertz CT molecular complexity index is 279. The predicted octanol–water partition coefficient (Wildman–Crippen LogP) is -0.0724. The molecule has 98 valence electrons. The Hall–Kier alpha value is -0.170. The first-order valence-corrected chi connectivity index (χ1v) is 7.48. The molecule has 0 heterocycles. The molecule has 0 aliphatic heterocycles. The van der Waals surface area contributed by atoms with Crippen molar-refractivity contribution in [2.75, 3.05) is 32.3 Å². The maximum Gasteiger partial charge on any atom is 0.147 e. The maximum absolute atomic E-state index is 11.0. The molecular formula is C10H23NO4S. The van der Waals surface area contributed by atoms with Gasteiger partial charge in [-0.3, -0.25) is 0 Å². The molecule has 5 nitrogen and oxygen atoms in total. The highest BCUT2D eigenvalue weighted by atomic mass is 32.2. The van der Waals surface area contributed by atoms with Crippen molar-refractivity contribution in [3.8, 4) is 0 Å². The van der Waals surface area contributed by atoms with Crippen LogP contribution in [0.15, 0.2) is 0 Å². The highest BCUT2D eigenvalue weighted by Gasteiger charge is 2.26. The lowest BCUT2D eigenvalue weighted by atomic mass is 9.93. The van der Waals surface area contributed by atoms with E-state index in [9.17, 15) is 13.5 Å². The molecule has 0 amide bonds. The zero-order valence-electron chi connectivity index (χ0n) is 10.1. The van der Waals surface area contributed by atoms with Gasteiger partial charge in [0.1, 0.15) is 9.84 Å². The van der Waals surface area contributed by atoms with Crippen LogP contribution in [0.2, 0.25) is 0 Å². The Balaban J connectivity index is 4.11. The fraction of sp³-hybridized carbons (Fsp3) is 1.00. The summed E-state index contributed by atoms with van der Waals surface area (Å²) < 4.78 is 26.9. The normalized spacial score (nSPS) is 16.0. The minimum Gasteiger partial charge on any atom is -0.387 e.